The Morgan fingerprint density at radius 3 is 2.39 bits per heavy atom. The van der Waals surface area contributed by atoms with Crippen molar-refractivity contribution in [1.82, 2.24) is 9.80 Å². The molecule has 0 spiro atoms. The Morgan fingerprint density at radius 2 is 1.75 bits per heavy atom. The molecule has 4 nitrogen and oxygen atoms in total. The molecular weight excluding hydrogens is 348 g/mol. The molecule has 156 valence electrons. The van der Waals surface area contributed by atoms with E-state index in [1.807, 2.05) is 0 Å². The van der Waals surface area contributed by atoms with Crippen LogP contribution in [0.1, 0.15) is 45.6 Å². The van der Waals surface area contributed by atoms with Gasteiger partial charge in [0, 0.05) is 39.3 Å². The molecular formula is C24H38N2O2. The number of aliphatic hydroxyl groups excluding tert-OH is 1. The smallest absolute Gasteiger partial charge is 0.0900 e. The molecule has 1 aromatic carbocycles. The van der Waals surface area contributed by atoms with Gasteiger partial charge in [0.25, 0.3) is 0 Å². The molecule has 28 heavy (non-hydrogen) atoms. The van der Waals surface area contributed by atoms with Gasteiger partial charge >= 0.3 is 0 Å². The van der Waals surface area contributed by atoms with Crippen LogP contribution in [-0.4, -0.2) is 66.4 Å². The van der Waals surface area contributed by atoms with E-state index in [1.165, 1.54) is 24.8 Å². The molecule has 0 unspecified atom stereocenters. The number of ether oxygens (including phenoxy) is 1. The largest absolute Gasteiger partial charge is 0.389 e. The standard InChI is InChI=1S/C24H38N2O2/c1-23(2)20-9-10-24(3,15-20)22(23)28-18-21(27)17-26-13-11-25(12-14-26)16-19-7-5-4-6-8-19/h4-8,20-22,27H,9-18H2,1-3H3/t20-,21+,22-,24+/m0/s1. The molecule has 0 amide bonds. The average Bonchev–Trinajstić information content (AvgIpc) is 3.15. The Bertz CT molecular complexity index is 637. The van der Waals surface area contributed by atoms with Crippen LogP contribution in [0.15, 0.2) is 30.3 Å². The molecule has 2 aliphatic carbocycles. The third kappa shape index (κ3) is 4.16. The zero-order chi connectivity index (χ0) is 19.8. The lowest BCUT2D eigenvalue weighted by atomic mass is 9.70. The summed E-state index contributed by atoms with van der Waals surface area (Å²) in [5.41, 5.74) is 1.94. The summed E-state index contributed by atoms with van der Waals surface area (Å²) in [6.07, 6.45) is 3.82. The van der Waals surface area contributed by atoms with Crippen molar-refractivity contribution in [3.05, 3.63) is 35.9 Å². The van der Waals surface area contributed by atoms with Crippen LogP contribution in [0.3, 0.4) is 0 Å². The van der Waals surface area contributed by atoms with Crippen molar-refractivity contribution in [3.8, 4) is 0 Å². The molecule has 4 atom stereocenters. The highest BCUT2D eigenvalue weighted by molar-refractivity contribution is 5.14. The summed E-state index contributed by atoms with van der Waals surface area (Å²) in [7, 11) is 0. The number of β-amino-alcohol motifs (C(OH)–C–C–N with tert-alkyl or cyclic N) is 1. The van der Waals surface area contributed by atoms with E-state index >= 15 is 0 Å². The summed E-state index contributed by atoms with van der Waals surface area (Å²) in [5.74, 6) is 0.789. The van der Waals surface area contributed by atoms with Gasteiger partial charge in [-0.2, -0.15) is 0 Å². The molecule has 1 N–H and O–H groups in total. The van der Waals surface area contributed by atoms with E-state index in [4.69, 9.17) is 4.74 Å². The molecule has 1 aromatic rings. The fourth-order valence-corrected chi connectivity index (χ4v) is 6.20. The van der Waals surface area contributed by atoms with Crippen LogP contribution in [0.25, 0.3) is 0 Å². The zero-order valence-electron chi connectivity index (χ0n) is 17.9. The number of aliphatic hydroxyl groups is 1. The molecule has 1 saturated heterocycles. The first kappa shape index (κ1) is 20.3. The quantitative estimate of drug-likeness (QED) is 0.779. The highest BCUT2D eigenvalue weighted by Gasteiger charge is 2.60. The van der Waals surface area contributed by atoms with E-state index < -0.39 is 0 Å². The number of nitrogens with zero attached hydrogens (tertiary/aromatic N) is 2. The van der Waals surface area contributed by atoms with Gasteiger partial charge in [0.15, 0.2) is 0 Å². The van der Waals surface area contributed by atoms with Crippen molar-refractivity contribution >= 4 is 0 Å². The van der Waals surface area contributed by atoms with E-state index in [1.54, 1.807) is 0 Å². The van der Waals surface area contributed by atoms with Crippen molar-refractivity contribution < 1.29 is 9.84 Å². The van der Waals surface area contributed by atoms with Gasteiger partial charge in [-0.1, -0.05) is 51.1 Å². The van der Waals surface area contributed by atoms with Gasteiger partial charge in [0.05, 0.1) is 18.8 Å². The zero-order valence-corrected chi connectivity index (χ0v) is 17.9. The molecule has 2 bridgehead atoms. The Hall–Kier alpha value is -0.940. The first-order valence-corrected chi connectivity index (χ1v) is 11.2. The molecule has 0 aromatic heterocycles. The van der Waals surface area contributed by atoms with Crippen LogP contribution in [0.2, 0.25) is 0 Å². The fourth-order valence-electron chi connectivity index (χ4n) is 6.20. The number of rotatable bonds is 7. The monoisotopic (exact) mass is 386 g/mol. The minimum atomic E-state index is -0.390. The number of benzene rings is 1. The van der Waals surface area contributed by atoms with Crippen LogP contribution < -0.4 is 0 Å². The van der Waals surface area contributed by atoms with Gasteiger partial charge in [-0.05, 0) is 41.6 Å². The highest BCUT2D eigenvalue weighted by Crippen LogP contribution is 2.63. The van der Waals surface area contributed by atoms with Crippen LogP contribution >= 0.6 is 0 Å². The van der Waals surface area contributed by atoms with E-state index in [9.17, 15) is 5.11 Å². The third-order valence-corrected chi connectivity index (χ3v) is 7.78. The van der Waals surface area contributed by atoms with E-state index in [0.717, 1.165) is 45.2 Å². The number of fused-ring (bicyclic) bond motifs is 2. The second-order valence-electron chi connectivity index (χ2n) is 10.3. The number of hydrogen-bond donors (Lipinski definition) is 1. The third-order valence-electron chi connectivity index (χ3n) is 7.78. The Kier molecular flexibility index (Phi) is 5.85. The van der Waals surface area contributed by atoms with Crippen molar-refractivity contribution in [2.75, 3.05) is 39.3 Å². The Morgan fingerprint density at radius 1 is 1.07 bits per heavy atom. The molecule has 3 fully saturated rings. The molecule has 1 aliphatic heterocycles. The van der Waals surface area contributed by atoms with Gasteiger partial charge < -0.3 is 9.84 Å². The van der Waals surface area contributed by atoms with E-state index in [0.29, 0.717) is 12.0 Å². The summed E-state index contributed by atoms with van der Waals surface area (Å²) in [5, 5.41) is 10.6. The molecule has 0 radical (unpaired) electrons. The second kappa shape index (κ2) is 8.06. The molecule has 2 saturated carbocycles. The van der Waals surface area contributed by atoms with Crippen molar-refractivity contribution in [1.29, 1.82) is 0 Å². The summed E-state index contributed by atoms with van der Waals surface area (Å²) in [6.45, 7) is 13.5. The maximum absolute atomic E-state index is 10.6. The fraction of sp³-hybridized carbons (Fsp3) is 0.750. The van der Waals surface area contributed by atoms with Crippen molar-refractivity contribution in [2.45, 2.75) is 58.8 Å². The topological polar surface area (TPSA) is 35.9 Å². The van der Waals surface area contributed by atoms with Crippen LogP contribution in [0.4, 0.5) is 0 Å². The Labute approximate surface area is 170 Å². The van der Waals surface area contributed by atoms with Crippen LogP contribution in [0, 0.1) is 16.7 Å². The molecule has 3 aliphatic rings. The van der Waals surface area contributed by atoms with Gasteiger partial charge in [0.1, 0.15) is 0 Å². The van der Waals surface area contributed by atoms with Gasteiger partial charge in [0.2, 0.25) is 0 Å². The summed E-state index contributed by atoms with van der Waals surface area (Å²) in [6, 6.07) is 10.7. The first-order valence-electron chi connectivity index (χ1n) is 11.2. The normalized spacial score (nSPS) is 34.0. The van der Waals surface area contributed by atoms with Crippen molar-refractivity contribution in [3.63, 3.8) is 0 Å². The minimum absolute atomic E-state index is 0.246. The van der Waals surface area contributed by atoms with E-state index in [-0.39, 0.29) is 17.6 Å². The average molecular weight is 387 g/mol. The first-order chi connectivity index (χ1) is 13.4. The second-order valence-corrected chi connectivity index (χ2v) is 10.3. The lowest BCUT2D eigenvalue weighted by molar-refractivity contribution is -0.114. The van der Waals surface area contributed by atoms with Crippen molar-refractivity contribution in [2.24, 2.45) is 16.7 Å². The molecule has 4 rings (SSSR count). The molecule has 1 heterocycles. The lowest BCUT2D eigenvalue weighted by Crippen LogP contribution is -2.49. The summed E-state index contributed by atoms with van der Waals surface area (Å²) < 4.78 is 6.37. The summed E-state index contributed by atoms with van der Waals surface area (Å²) in [4.78, 5) is 4.90. The maximum Gasteiger partial charge on any atom is 0.0900 e. The SMILES string of the molecule is CC1(C)[C@H]2CC[C@](C)(C2)[C@H]1OC[C@H](O)CN1CCN(Cc2ccccc2)CC1. The predicted octanol–water partition coefficient (Wildman–Crippen LogP) is 3.40. The summed E-state index contributed by atoms with van der Waals surface area (Å²) >= 11 is 0. The van der Waals surface area contributed by atoms with Gasteiger partial charge in [-0.15, -0.1) is 0 Å². The lowest BCUT2D eigenvalue weighted by Gasteiger charge is -2.43. The Balaban J connectivity index is 1.20. The van der Waals surface area contributed by atoms with Gasteiger partial charge in [-0.25, -0.2) is 0 Å². The van der Waals surface area contributed by atoms with Gasteiger partial charge in [-0.3, -0.25) is 9.80 Å². The minimum Gasteiger partial charge on any atom is -0.389 e. The van der Waals surface area contributed by atoms with Crippen LogP contribution in [-0.2, 0) is 11.3 Å². The number of hydrogen-bond acceptors (Lipinski definition) is 4. The predicted molar refractivity (Wildman–Crippen MR) is 113 cm³/mol. The maximum atomic E-state index is 10.6. The molecule has 4 heteroatoms. The van der Waals surface area contributed by atoms with E-state index in [2.05, 4.69) is 60.9 Å². The van der Waals surface area contributed by atoms with Crippen LogP contribution in [0.5, 0.6) is 0 Å². The highest BCUT2D eigenvalue weighted by atomic mass is 16.5. The number of piperazine rings is 1.